The van der Waals surface area contributed by atoms with Crippen molar-refractivity contribution in [1.82, 2.24) is 0 Å². The van der Waals surface area contributed by atoms with Crippen molar-refractivity contribution in [3.63, 3.8) is 0 Å². The Labute approximate surface area is 173 Å². The average molecular weight is 382 g/mol. The molecule has 30 heavy (non-hydrogen) atoms. The maximum absolute atomic E-state index is 6.27. The first-order chi connectivity index (χ1) is 14.7. The molecule has 6 aromatic rings. The highest BCUT2D eigenvalue weighted by Gasteiger charge is 2.17. The van der Waals surface area contributed by atoms with Crippen molar-refractivity contribution < 1.29 is 0 Å². The van der Waals surface area contributed by atoms with Crippen LogP contribution in [0.1, 0.15) is 5.56 Å². The van der Waals surface area contributed by atoms with Crippen molar-refractivity contribution in [3.8, 4) is 11.1 Å². The largest absolute Gasteiger partial charge is 0.399 e. The molecule has 0 atom stereocenters. The molecule has 0 saturated carbocycles. The molecule has 0 unspecified atom stereocenters. The lowest BCUT2D eigenvalue weighted by Crippen LogP contribution is -2.00. The van der Waals surface area contributed by atoms with Gasteiger partial charge < -0.3 is 11.5 Å². The summed E-state index contributed by atoms with van der Waals surface area (Å²) in [7, 11) is 0. The first kappa shape index (κ1) is 15.8. The minimum absolute atomic E-state index is 0.791. The summed E-state index contributed by atoms with van der Waals surface area (Å²) in [6, 6.07) is 28.2. The molecule has 0 radical (unpaired) electrons. The third-order valence-corrected chi connectivity index (χ3v) is 6.57. The lowest BCUT2D eigenvalue weighted by Gasteiger charge is -2.14. The normalized spacial score (nSPS) is 12.5. The van der Waals surface area contributed by atoms with E-state index < -0.39 is 0 Å². The summed E-state index contributed by atoms with van der Waals surface area (Å²) >= 11 is 0. The maximum atomic E-state index is 6.27. The number of rotatable bonds is 0. The van der Waals surface area contributed by atoms with Gasteiger partial charge in [-0.2, -0.15) is 0 Å². The van der Waals surface area contributed by atoms with Crippen molar-refractivity contribution in [2.45, 2.75) is 0 Å². The van der Waals surface area contributed by atoms with Crippen molar-refractivity contribution in [1.29, 1.82) is 0 Å². The quantitative estimate of drug-likeness (QED) is 0.192. The monoisotopic (exact) mass is 382 g/mol. The van der Waals surface area contributed by atoms with Gasteiger partial charge in [-0.15, -0.1) is 0 Å². The Balaban J connectivity index is 1.75. The van der Waals surface area contributed by atoms with Crippen LogP contribution in [0, 0.1) is 0 Å². The van der Waals surface area contributed by atoms with Gasteiger partial charge in [0.1, 0.15) is 0 Å². The van der Waals surface area contributed by atoms with E-state index in [9.17, 15) is 0 Å². The molecule has 0 heterocycles. The second kappa shape index (κ2) is 5.31. The highest BCUT2D eigenvalue weighted by atomic mass is 14.6. The minimum Gasteiger partial charge on any atom is -0.399 e. The molecule has 2 nitrogen and oxygen atoms in total. The Kier molecular flexibility index (Phi) is 2.80. The summed E-state index contributed by atoms with van der Waals surface area (Å²) in [5, 5.41) is 11.3. The third-order valence-electron chi connectivity index (χ3n) is 6.57. The smallest absolute Gasteiger partial charge is 0.0394 e. The van der Waals surface area contributed by atoms with Gasteiger partial charge in [0.2, 0.25) is 0 Å². The number of nitrogens with two attached hydrogens (primary N) is 2. The molecule has 6 aromatic carbocycles. The van der Waals surface area contributed by atoms with Crippen LogP contribution in [0.3, 0.4) is 0 Å². The predicted octanol–water partition coefficient (Wildman–Crippen LogP) is 5.99. The summed E-state index contributed by atoms with van der Waals surface area (Å²) in [6.07, 6.45) is 2.22. The van der Waals surface area contributed by atoms with Gasteiger partial charge in [-0.05, 0) is 108 Å². The summed E-state index contributed by atoms with van der Waals surface area (Å²) in [5.74, 6) is 0. The first-order valence-electron chi connectivity index (χ1n) is 10.2. The van der Waals surface area contributed by atoms with Gasteiger partial charge in [-0.3, -0.25) is 0 Å². The van der Waals surface area contributed by atoms with Crippen molar-refractivity contribution in [2.24, 2.45) is 0 Å². The molecule has 140 valence electrons. The van der Waals surface area contributed by atoms with Crippen LogP contribution >= 0.6 is 0 Å². The third kappa shape index (κ3) is 1.93. The Morgan fingerprint density at radius 1 is 0.533 bits per heavy atom. The Morgan fingerprint density at radius 3 is 2.17 bits per heavy atom. The molecule has 0 bridgehead atoms. The molecule has 4 N–H and O–H groups in total. The summed E-state index contributed by atoms with van der Waals surface area (Å²) in [5.41, 5.74) is 17.7. The number of benzene rings is 6. The predicted molar refractivity (Wildman–Crippen MR) is 130 cm³/mol. The Hall–Kier alpha value is -4.04. The topological polar surface area (TPSA) is 52.0 Å². The van der Waals surface area contributed by atoms with Crippen LogP contribution in [-0.4, -0.2) is 0 Å². The van der Waals surface area contributed by atoms with E-state index >= 15 is 0 Å². The van der Waals surface area contributed by atoms with Crippen LogP contribution in [0.2, 0.25) is 0 Å². The summed E-state index contributed by atoms with van der Waals surface area (Å²) in [4.78, 5) is 0. The second-order valence-corrected chi connectivity index (χ2v) is 8.30. The van der Waals surface area contributed by atoms with Gasteiger partial charge in [0, 0.05) is 16.9 Å². The Morgan fingerprint density at radius 2 is 1.30 bits per heavy atom. The van der Waals surface area contributed by atoms with Crippen LogP contribution < -0.4 is 16.7 Å². The number of anilines is 2. The van der Waals surface area contributed by atoms with Gasteiger partial charge >= 0.3 is 0 Å². The summed E-state index contributed by atoms with van der Waals surface area (Å²) < 4.78 is 0. The molecule has 1 aliphatic carbocycles. The lowest BCUT2D eigenvalue weighted by molar-refractivity contribution is 1.63. The van der Waals surface area contributed by atoms with E-state index in [-0.39, 0.29) is 0 Å². The molecule has 0 spiro atoms. The fourth-order valence-electron chi connectivity index (χ4n) is 5.24. The van der Waals surface area contributed by atoms with Crippen LogP contribution in [0.15, 0.2) is 78.9 Å². The molecule has 1 aliphatic rings. The van der Waals surface area contributed by atoms with Crippen molar-refractivity contribution in [3.05, 3.63) is 89.6 Å². The summed E-state index contributed by atoms with van der Waals surface area (Å²) in [6.45, 7) is 0. The molecule has 7 rings (SSSR count). The fraction of sp³-hybridized carbons (Fsp3) is 0. The zero-order valence-electron chi connectivity index (χ0n) is 16.2. The van der Waals surface area contributed by atoms with Gasteiger partial charge in [-0.1, -0.05) is 36.4 Å². The fourth-order valence-corrected chi connectivity index (χ4v) is 5.24. The SMILES string of the molecule is Nc1ccc2cc3cccc4cc5cc6c(cc5c(c2c1)c34)=Cc1c(N)cccc1-6. The van der Waals surface area contributed by atoms with E-state index in [0.29, 0.717) is 0 Å². The lowest BCUT2D eigenvalue weighted by atomic mass is 9.89. The Bertz CT molecular complexity index is 1760. The van der Waals surface area contributed by atoms with Crippen molar-refractivity contribution >= 4 is 60.5 Å². The zero-order valence-corrected chi connectivity index (χ0v) is 16.2. The molecular weight excluding hydrogens is 364 g/mol. The highest BCUT2D eigenvalue weighted by Crippen LogP contribution is 2.41. The molecule has 2 heteroatoms. The van der Waals surface area contributed by atoms with Crippen LogP contribution in [-0.2, 0) is 0 Å². The van der Waals surface area contributed by atoms with Crippen molar-refractivity contribution in [2.75, 3.05) is 11.5 Å². The van der Waals surface area contributed by atoms with Crippen LogP contribution in [0.4, 0.5) is 11.4 Å². The molecule has 0 saturated heterocycles. The molecule has 0 aromatic heterocycles. The number of hydrogen-bond acceptors (Lipinski definition) is 2. The van der Waals surface area contributed by atoms with E-state index in [0.717, 1.165) is 16.9 Å². The maximum Gasteiger partial charge on any atom is 0.0394 e. The van der Waals surface area contributed by atoms with Gasteiger partial charge in [0.15, 0.2) is 0 Å². The van der Waals surface area contributed by atoms with E-state index in [1.807, 2.05) is 18.2 Å². The second-order valence-electron chi connectivity index (χ2n) is 8.30. The molecular formula is C28H18N2. The van der Waals surface area contributed by atoms with Crippen LogP contribution in [0.5, 0.6) is 0 Å². The molecule has 0 fully saturated rings. The number of nitrogen functional groups attached to an aromatic ring is 2. The first-order valence-corrected chi connectivity index (χ1v) is 10.2. The van der Waals surface area contributed by atoms with E-state index in [4.69, 9.17) is 11.5 Å². The molecule has 0 amide bonds. The highest BCUT2D eigenvalue weighted by molar-refractivity contribution is 6.30. The minimum atomic E-state index is 0.791. The average Bonchev–Trinajstić information content (AvgIpc) is 3.11. The van der Waals surface area contributed by atoms with E-state index in [1.54, 1.807) is 0 Å². The molecule has 0 aliphatic heterocycles. The standard InChI is InChI=1S/C28H18N2/c29-20-8-7-15-9-16-3-1-4-17-10-18-11-22-19(13-25-21(22)5-2-6-26(25)30)12-23(18)28(27(16)17)24(15)14-20/h1-14H,29-30H2. The van der Waals surface area contributed by atoms with Gasteiger partial charge in [-0.25, -0.2) is 0 Å². The van der Waals surface area contributed by atoms with E-state index in [2.05, 4.69) is 66.7 Å². The van der Waals surface area contributed by atoms with Crippen LogP contribution in [0.25, 0.3) is 60.3 Å². The number of fused-ring (bicyclic) bond motifs is 7. The zero-order chi connectivity index (χ0) is 20.0. The number of hydrogen-bond donors (Lipinski definition) is 2. The van der Waals surface area contributed by atoms with E-state index in [1.165, 1.54) is 59.4 Å². The van der Waals surface area contributed by atoms with Gasteiger partial charge in [0.25, 0.3) is 0 Å². The van der Waals surface area contributed by atoms with Gasteiger partial charge in [0.05, 0.1) is 0 Å².